The molecule has 0 bridgehead atoms. The predicted molar refractivity (Wildman–Crippen MR) is 257 cm³/mol. The van der Waals surface area contributed by atoms with Crippen LogP contribution in [0.15, 0.2) is 88.4 Å². The Hall–Kier alpha value is -4.12. The van der Waals surface area contributed by atoms with E-state index in [4.69, 9.17) is 0 Å². The monoisotopic (exact) mass is 1070 g/mol. The van der Waals surface area contributed by atoms with Crippen molar-refractivity contribution in [2.24, 2.45) is 3.50 Å². The summed E-state index contributed by atoms with van der Waals surface area (Å²) in [5.74, 6) is -7.57. The number of phenolic OH excluding ortho intramolecular Hbond substituents is 1. The molecule has 10 heteroatoms. The number of aromatic nitrogens is 1. The van der Waals surface area contributed by atoms with Crippen LogP contribution >= 0.6 is 0 Å². The van der Waals surface area contributed by atoms with Crippen LogP contribution in [0, 0.1) is 49.9 Å². The summed E-state index contributed by atoms with van der Waals surface area (Å²) in [6.07, 6.45) is 0. The minimum Gasteiger partial charge on any atom is -0.665 e. The number of nitrogens with zero attached hydrogens (tertiary/aromatic N) is 2. The van der Waals surface area contributed by atoms with Crippen LogP contribution in [0.1, 0.15) is 163 Å². The van der Waals surface area contributed by atoms with Crippen molar-refractivity contribution in [2.75, 3.05) is 0 Å². The molecule has 66 heavy (non-hydrogen) atoms. The Bertz CT molecular complexity index is 2550. The van der Waals surface area contributed by atoms with E-state index in [9.17, 15) is 27.1 Å². The quantitative estimate of drug-likeness (QED) is 0.0643. The molecule has 0 aliphatic carbocycles. The second kappa shape index (κ2) is 24.2. The number of para-hydroxylation sites is 1. The summed E-state index contributed by atoms with van der Waals surface area (Å²) in [6.45, 7) is 32.5. The van der Waals surface area contributed by atoms with Crippen molar-refractivity contribution in [3.05, 3.63) is 164 Å². The molecule has 0 saturated carbocycles. The van der Waals surface area contributed by atoms with Gasteiger partial charge in [-0.2, -0.15) is 11.4 Å². The van der Waals surface area contributed by atoms with Crippen molar-refractivity contribution < 1.29 is 66.0 Å². The van der Waals surface area contributed by atoms with E-state index in [0.29, 0.717) is 35.3 Å². The first-order valence-corrected chi connectivity index (χ1v) is 24.4. The van der Waals surface area contributed by atoms with Crippen LogP contribution in [0.25, 0.3) is 22.3 Å². The van der Waals surface area contributed by atoms with Crippen molar-refractivity contribution in [1.82, 2.24) is 4.98 Å². The molecule has 1 heterocycles. The average Bonchev–Trinajstić information content (AvgIpc) is 3.64. The summed E-state index contributed by atoms with van der Waals surface area (Å²) in [5.41, 5.74) is 13.9. The summed E-state index contributed by atoms with van der Waals surface area (Å²) in [6, 6.07) is 29.0. The van der Waals surface area contributed by atoms with Crippen molar-refractivity contribution in [3.8, 4) is 28.0 Å². The van der Waals surface area contributed by atoms with Crippen LogP contribution in [0.4, 0.5) is 27.6 Å². The molecule has 0 aliphatic rings. The van der Waals surface area contributed by atoms with Crippen LogP contribution in [-0.2, 0) is 44.4 Å². The predicted octanol–water partition coefficient (Wildman–Crippen LogP) is 17.0. The van der Waals surface area contributed by atoms with Crippen LogP contribution in [0.2, 0.25) is 0 Å². The molecule has 0 aliphatic heterocycles. The van der Waals surface area contributed by atoms with Gasteiger partial charge in [0, 0.05) is 32.2 Å². The second-order valence-electron chi connectivity index (χ2n) is 18.9. The molecular formula is C56H66F5Mo2N2O-. The summed E-state index contributed by atoms with van der Waals surface area (Å²) in [7, 11) is 0. The van der Waals surface area contributed by atoms with Gasteiger partial charge >= 0.3 is 138 Å². The molecule has 0 fully saturated rings. The van der Waals surface area contributed by atoms with Crippen LogP contribution < -0.4 is 4.98 Å². The zero-order valence-corrected chi connectivity index (χ0v) is 45.1. The maximum atomic E-state index is 13.5. The number of phenols is 1. The number of aryl methyl sites for hydroxylation is 3. The topological polar surface area (TPSA) is 46.7 Å². The Morgan fingerprint density at radius 2 is 0.939 bits per heavy atom. The molecule has 3 nitrogen and oxygen atoms in total. The van der Waals surface area contributed by atoms with Crippen molar-refractivity contribution >= 4 is 10.1 Å². The number of hydrogen-bond donors (Lipinski definition) is 1. The van der Waals surface area contributed by atoms with Crippen LogP contribution in [0.5, 0.6) is 5.75 Å². The Balaban J connectivity index is 0.000000318. The molecule has 0 radical (unpaired) electrons. The maximum absolute atomic E-state index is 13.5. The minimum absolute atomic E-state index is 0. The fourth-order valence-corrected chi connectivity index (χ4v) is 9.46. The van der Waals surface area contributed by atoms with E-state index in [0.717, 1.165) is 28.1 Å². The largest absolute Gasteiger partial charge is 0.665 e. The maximum Gasteiger partial charge on any atom is 0.131 e. The van der Waals surface area contributed by atoms with Gasteiger partial charge in [0.1, 0.15) is 5.75 Å². The van der Waals surface area contributed by atoms with Crippen LogP contribution in [0.3, 0.4) is 0 Å². The van der Waals surface area contributed by atoms with Gasteiger partial charge in [-0.25, -0.2) is 0 Å². The molecule has 354 valence electrons. The first-order chi connectivity index (χ1) is 30.4. The molecule has 6 rings (SSSR count). The van der Waals surface area contributed by atoms with E-state index in [1.54, 1.807) is 4.40 Å². The van der Waals surface area contributed by atoms with E-state index in [2.05, 4.69) is 127 Å². The van der Waals surface area contributed by atoms with Gasteiger partial charge in [0.15, 0.2) is 0 Å². The molecule has 0 unspecified atom stereocenters. The van der Waals surface area contributed by atoms with E-state index < -0.39 is 58.1 Å². The standard InChI is InChI=1S/C34H46O.C10H12.C6F5N.C6H8N.2Mo/c1-19(2)25-17-30(22(7)8)33(31(18-25)23(9)10)27-14-12-13-26(34(27)35)32-28(20(3)4)15-24(11)16-29(32)21(5)6;1-10(2,3)9-7-5-4-6-8-9;7-1-2(8)4(10)6(12)5(11)3(1)9;1-5-3-4-6(2)7-5;;/h12-23,35H,1-11H3;1,4-8H,2-3H3;;3-4H,1-2H3;;/q;;;-1;;. The number of rotatable bonds is 10. The molecule has 0 amide bonds. The van der Waals surface area contributed by atoms with Crippen molar-refractivity contribution in [2.45, 2.75) is 139 Å². The van der Waals surface area contributed by atoms with Gasteiger partial charge in [-0.05, 0) is 75.5 Å². The Morgan fingerprint density at radius 3 is 1.30 bits per heavy atom. The third-order valence-corrected chi connectivity index (χ3v) is 13.8. The second-order valence-corrected chi connectivity index (χ2v) is 20.5. The smallest absolute Gasteiger partial charge is 0.131 e. The summed E-state index contributed by atoms with van der Waals surface area (Å²) >= 11 is -1.47. The number of benzene rings is 5. The summed E-state index contributed by atoms with van der Waals surface area (Å²) in [5, 5.41) is 12.0. The van der Waals surface area contributed by atoms with E-state index >= 15 is 0 Å². The van der Waals surface area contributed by atoms with Gasteiger partial charge < -0.3 is 10.1 Å². The van der Waals surface area contributed by atoms with Gasteiger partial charge in [0.25, 0.3) is 0 Å². The molecule has 1 N–H and O–H groups in total. The average molecular weight is 1070 g/mol. The summed E-state index contributed by atoms with van der Waals surface area (Å²) in [4.78, 5) is 4.11. The zero-order chi connectivity index (χ0) is 48.7. The number of halogens is 5. The fraction of sp³-hybridized carbons (Fsp3) is 0.375. The SMILES string of the molecule is CC(C)([CH]=[Mo]=[N]c1c(F)c(F)c(F)c(F)c1F)c1ccccc1.Cc1cc(C(C)C)c(-c2cccc(-c3c(C(C)C)cc(C(C)C)cc3C(C)C)c2O)c(C(C)C)c1.Cc1ccc(C)[n-]1.[Mo]. The van der Waals surface area contributed by atoms with E-state index in [-0.39, 0.29) is 21.1 Å². The fourth-order valence-electron chi connectivity index (χ4n) is 7.69. The minimum atomic E-state index is -2.17. The van der Waals surface area contributed by atoms with Gasteiger partial charge in [-0.1, -0.05) is 143 Å². The Labute approximate surface area is 413 Å². The molecule has 0 saturated heterocycles. The van der Waals surface area contributed by atoms with Gasteiger partial charge in [0.2, 0.25) is 0 Å². The Morgan fingerprint density at radius 1 is 0.545 bits per heavy atom. The normalized spacial score (nSPS) is 11.3. The number of hydrogen-bond acceptors (Lipinski definition) is 2. The molecule has 6 aromatic rings. The van der Waals surface area contributed by atoms with Gasteiger partial charge in [-0.15, -0.1) is 0 Å². The van der Waals surface area contributed by atoms with E-state index in [1.807, 2.05) is 70.2 Å². The number of aromatic hydroxyl groups is 1. The molecular weight excluding hydrogens is 1000 g/mol. The third kappa shape index (κ3) is 13.5. The zero-order valence-electron chi connectivity index (χ0n) is 41.1. The Kier molecular flexibility index (Phi) is 20.6. The first-order valence-electron chi connectivity index (χ1n) is 22.4. The van der Waals surface area contributed by atoms with Gasteiger partial charge in [0.05, 0.1) is 0 Å². The van der Waals surface area contributed by atoms with Crippen molar-refractivity contribution in [1.29, 1.82) is 0 Å². The molecule has 0 atom stereocenters. The molecule has 0 spiro atoms. The van der Waals surface area contributed by atoms with Gasteiger partial charge in [-0.3, -0.25) is 0 Å². The molecule has 1 aromatic heterocycles. The molecule has 5 aromatic carbocycles. The summed E-state index contributed by atoms with van der Waals surface area (Å²) < 4.78 is 71.7. The van der Waals surface area contributed by atoms with Crippen molar-refractivity contribution in [3.63, 3.8) is 0 Å². The van der Waals surface area contributed by atoms with E-state index in [1.165, 1.54) is 44.5 Å². The van der Waals surface area contributed by atoms with Crippen LogP contribution in [-0.4, -0.2) is 9.51 Å². The first kappa shape index (κ1) is 56.2. The third-order valence-electron chi connectivity index (χ3n) is 11.4.